The summed E-state index contributed by atoms with van der Waals surface area (Å²) in [7, 11) is 0. The third kappa shape index (κ3) is 5.38. The molecule has 0 aliphatic carbocycles. The average molecular weight is 269 g/mol. The summed E-state index contributed by atoms with van der Waals surface area (Å²) in [5.41, 5.74) is 0. The van der Waals surface area contributed by atoms with Crippen LogP contribution in [-0.4, -0.2) is 74.9 Å². The molecule has 112 valence electrons. The topological polar surface area (TPSA) is 27.7 Å². The number of hydrogen-bond donors (Lipinski definition) is 1. The normalized spacial score (nSPS) is 26.1. The van der Waals surface area contributed by atoms with E-state index in [-0.39, 0.29) is 0 Å². The summed E-state index contributed by atoms with van der Waals surface area (Å²) >= 11 is 0. The smallest absolute Gasteiger partial charge is 0.0594 e. The number of nitrogens with one attached hydrogen (secondary N) is 1. The fraction of sp³-hybridized carbons (Fsp3) is 1.00. The van der Waals surface area contributed by atoms with E-state index in [1.807, 2.05) is 0 Å². The number of hydrogen-bond acceptors (Lipinski definition) is 4. The van der Waals surface area contributed by atoms with Crippen LogP contribution in [-0.2, 0) is 4.74 Å². The van der Waals surface area contributed by atoms with E-state index in [1.54, 1.807) is 0 Å². The van der Waals surface area contributed by atoms with Crippen molar-refractivity contribution in [3.63, 3.8) is 0 Å². The average Bonchev–Trinajstić information content (AvgIpc) is 2.92. The van der Waals surface area contributed by atoms with Gasteiger partial charge in [0.15, 0.2) is 0 Å². The van der Waals surface area contributed by atoms with Crippen LogP contribution in [0.4, 0.5) is 0 Å². The standard InChI is InChI=1S/C15H31N3O/c1-2-3-4-6-16-7-9-17-8-5-15(14-17)18-10-12-19-13-11-18/h15-16H,2-14H2,1H3. The number of unbranched alkanes of at least 4 members (excludes halogenated alkanes) is 2. The van der Waals surface area contributed by atoms with E-state index >= 15 is 0 Å². The fourth-order valence-electron chi connectivity index (χ4n) is 3.12. The van der Waals surface area contributed by atoms with Crippen molar-refractivity contribution >= 4 is 0 Å². The highest BCUT2D eigenvalue weighted by Crippen LogP contribution is 2.16. The molecule has 0 amide bonds. The molecule has 1 unspecified atom stereocenters. The second-order valence-corrected chi connectivity index (χ2v) is 5.85. The van der Waals surface area contributed by atoms with Gasteiger partial charge in [-0.2, -0.15) is 0 Å². The van der Waals surface area contributed by atoms with E-state index in [1.165, 1.54) is 51.9 Å². The minimum atomic E-state index is 0.781. The lowest BCUT2D eigenvalue weighted by atomic mass is 10.2. The van der Waals surface area contributed by atoms with Gasteiger partial charge in [-0.25, -0.2) is 0 Å². The van der Waals surface area contributed by atoms with E-state index in [0.717, 1.165) is 38.9 Å². The molecule has 1 atom stereocenters. The van der Waals surface area contributed by atoms with Gasteiger partial charge in [0.2, 0.25) is 0 Å². The van der Waals surface area contributed by atoms with Crippen molar-refractivity contribution in [2.24, 2.45) is 0 Å². The summed E-state index contributed by atoms with van der Waals surface area (Å²) in [5.74, 6) is 0. The van der Waals surface area contributed by atoms with Gasteiger partial charge in [0.25, 0.3) is 0 Å². The maximum atomic E-state index is 5.43. The molecule has 2 aliphatic rings. The van der Waals surface area contributed by atoms with Gasteiger partial charge < -0.3 is 15.0 Å². The first kappa shape index (κ1) is 15.2. The second kappa shape index (κ2) is 8.90. The van der Waals surface area contributed by atoms with Gasteiger partial charge in [0.1, 0.15) is 0 Å². The monoisotopic (exact) mass is 269 g/mol. The van der Waals surface area contributed by atoms with Crippen LogP contribution in [0.5, 0.6) is 0 Å². The Bertz CT molecular complexity index is 231. The Hall–Kier alpha value is -0.160. The van der Waals surface area contributed by atoms with Crippen LogP contribution in [0.2, 0.25) is 0 Å². The summed E-state index contributed by atoms with van der Waals surface area (Å²) in [5, 5.41) is 3.57. The van der Waals surface area contributed by atoms with E-state index in [9.17, 15) is 0 Å². The van der Waals surface area contributed by atoms with Crippen LogP contribution in [0, 0.1) is 0 Å². The molecule has 1 N–H and O–H groups in total. The number of morpholine rings is 1. The molecule has 2 aliphatic heterocycles. The molecule has 0 radical (unpaired) electrons. The van der Waals surface area contributed by atoms with Gasteiger partial charge in [0, 0.05) is 38.8 Å². The number of likely N-dealkylation sites (tertiary alicyclic amines) is 1. The first-order chi connectivity index (χ1) is 9.40. The van der Waals surface area contributed by atoms with Crippen LogP contribution in [0.15, 0.2) is 0 Å². The van der Waals surface area contributed by atoms with Crippen molar-refractivity contribution < 1.29 is 4.74 Å². The van der Waals surface area contributed by atoms with Crippen molar-refractivity contribution in [1.29, 1.82) is 0 Å². The van der Waals surface area contributed by atoms with Crippen LogP contribution in [0.1, 0.15) is 32.6 Å². The zero-order valence-corrected chi connectivity index (χ0v) is 12.6. The molecule has 4 heteroatoms. The van der Waals surface area contributed by atoms with Crippen LogP contribution < -0.4 is 5.32 Å². The van der Waals surface area contributed by atoms with Crippen molar-refractivity contribution in [3.8, 4) is 0 Å². The Balaban J connectivity index is 1.52. The van der Waals surface area contributed by atoms with Crippen LogP contribution in [0.3, 0.4) is 0 Å². The molecular weight excluding hydrogens is 238 g/mol. The first-order valence-electron chi connectivity index (χ1n) is 8.15. The molecule has 0 saturated carbocycles. The molecule has 2 rings (SSSR count). The minimum Gasteiger partial charge on any atom is -0.379 e. The second-order valence-electron chi connectivity index (χ2n) is 5.85. The summed E-state index contributed by atoms with van der Waals surface area (Å²) in [6.07, 6.45) is 5.34. The molecule has 19 heavy (non-hydrogen) atoms. The zero-order valence-electron chi connectivity index (χ0n) is 12.6. The van der Waals surface area contributed by atoms with Crippen LogP contribution in [0.25, 0.3) is 0 Å². The van der Waals surface area contributed by atoms with Gasteiger partial charge in [-0.15, -0.1) is 0 Å². The Morgan fingerprint density at radius 2 is 1.95 bits per heavy atom. The molecular formula is C15H31N3O. The summed E-state index contributed by atoms with van der Waals surface area (Å²) < 4.78 is 5.43. The van der Waals surface area contributed by atoms with Gasteiger partial charge in [-0.05, 0) is 25.9 Å². The molecule has 4 nitrogen and oxygen atoms in total. The lowest BCUT2D eigenvalue weighted by Crippen LogP contribution is -2.45. The van der Waals surface area contributed by atoms with Crippen molar-refractivity contribution in [1.82, 2.24) is 15.1 Å². The summed E-state index contributed by atoms with van der Waals surface area (Å²) in [6, 6.07) is 0.781. The van der Waals surface area contributed by atoms with Gasteiger partial charge in [0.05, 0.1) is 13.2 Å². The van der Waals surface area contributed by atoms with E-state index in [0.29, 0.717) is 0 Å². The van der Waals surface area contributed by atoms with E-state index in [2.05, 4.69) is 22.0 Å². The Morgan fingerprint density at radius 3 is 2.74 bits per heavy atom. The Labute approximate surface area is 118 Å². The highest BCUT2D eigenvalue weighted by molar-refractivity contribution is 4.84. The molecule has 0 aromatic carbocycles. The Kier molecular flexibility index (Phi) is 7.14. The maximum absolute atomic E-state index is 5.43. The van der Waals surface area contributed by atoms with E-state index < -0.39 is 0 Å². The maximum Gasteiger partial charge on any atom is 0.0594 e. The molecule has 2 saturated heterocycles. The largest absolute Gasteiger partial charge is 0.379 e. The highest BCUT2D eigenvalue weighted by Gasteiger charge is 2.28. The van der Waals surface area contributed by atoms with Crippen molar-refractivity contribution in [2.45, 2.75) is 38.6 Å². The predicted octanol–water partition coefficient (Wildman–Crippen LogP) is 1.17. The van der Waals surface area contributed by atoms with E-state index in [4.69, 9.17) is 4.74 Å². The highest BCUT2D eigenvalue weighted by atomic mass is 16.5. The van der Waals surface area contributed by atoms with Crippen molar-refractivity contribution in [3.05, 3.63) is 0 Å². The number of ether oxygens (including phenoxy) is 1. The zero-order chi connectivity index (χ0) is 13.3. The van der Waals surface area contributed by atoms with Gasteiger partial charge >= 0.3 is 0 Å². The van der Waals surface area contributed by atoms with Gasteiger partial charge in [-0.3, -0.25) is 4.90 Å². The summed E-state index contributed by atoms with van der Waals surface area (Å²) in [6.45, 7) is 12.5. The molecule has 2 fully saturated rings. The van der Waals surface area contributed by atoms with Gasteiger partial charge in [-0.1, -0.05) is 19.8 Å². The number of rotatable bonds is 8. The number of nitrogens with zero attached hydrogens (tertiary/aromatic N) is 2. The fourth-order valence-corrected chi connectivity index (χ4v) is 3.12. The minimum absolute atomic E-state index is 0.781. The lowest BCUT2D eigenvalue weighted by molar-refractivity contribution is 0.0185. The molecule has 0 spiro atoms. The predicted molar refractivity (Wildman–Crippen MR) is 79.6 cm³/mol. The third-order valence-corrected chi connectivity index (χ3v) is 4.37. The quantitative estimate of drug-likeness (QED) is 0.670. The molecule has 2 heterocycles. The SMILES string of the molecule is CCCCCNCCN1CCC(N2CCOCC2)C1. The Morgan fingerprint density at radius 1 is 1.11 bits per heavy atom. The molecule has 0 aromatic heterocycles. The summed E-state index contributed by atoms with van der Waals surface area (Å²) in [4.78, 5) is 5.24. The van der Waals surface area contributed by atoms with Crippen molar-refractivity contribution in [2.75, 3.05) is 59.0 Å². The van der Waals surface area contributed by atoms with Crippen LogP contribution >= 0.6 is 0 Å². The first-order valence-corrected chi connectivity index (χ1v) is 8.15. The molecule has 0 aromatic rings. The third-order valence-electron chi connectivity index (χ3n) is 4.37. The molecule has 0 bridgehead atoms. The lowest BCUT2D eigenvalue weighted by Gasteiger charge is -2.32.